The van der Waals surface area contributed by atoms with E-state index in [9.17, 15) is 0 Å². The first-order chi connectivity index (χ1) is 12.2. The Labute approximate surface area is 148 Å². The van der Waals surface area contributed by atoms with E-state index < -0.39 is 0 Å². The Hall–Kier alpha value is -2.93. The van der Waals surface area contributed by atoms with Gasteiger partial charge in [-0.2, -0.15) is 0 Å². The first-order valence-electron chi connectivity index (χ1n) is 8.86. The molecule has 0 saturated heterocycles. The van der Waals surface area contributed by atoms with E-state index in [-0.39, 0.29) is 0 Å². The zero-order valence-corrected chi connectivity index (χ0v) is 14.5. The molecule has 1 heteroatoms. The van der Waals surface area contributed by atoms with Crippen molar-refractivity contribution in [2.24, 2.45) is 0 Å². The van der Waals surface area contributed by atoms with Crippen LogP contribution in [0.25, 0.3) is 44.3 Å². The lowest BCUT2D eigenvalue weighted by atomic mass is 9.91. The standard InChI is InChI=1S/C24H19N/c1-15(2)17-10-11-21-22(14-17)19-8-4-3-7-18(19)20-9-5-6-16-12-13-25-24(21)23(16)20/h3-15H,1-2H3. The molecular formula is C24H19N. The number of aromatic nitrogens is 1. The predicted octanol–water partition coefficient (Wildman–Crippen LogP) is 6.67. The van der Waals surface area contributed by atoms with E-state index >= 15 is 0 Å². The summed E-state index contributed by atoms with van der Waals surface area (Å²) < 4.78 is 0. The highest BCUT2D eigenvalue weighted by Crippen LogP contribution is 2.46. The van der Waals surface area contributed by atoms with Gasteiger partial charge in [0, 0.05) is 17.1 Å². The zero-order valence-electron chi connectivity index (χ0n) is 14.5. The van der Waals surface area contributed by atoms with E-state index in [1.165, 1.54) is 44.2 Å². The lowest BCUT2D eigenvalue weighted by Gasteiger charge is -2.14. The Bertz CT molecular complexity index is 1120. The lowest BCUT2D eigenvalue weighted by Crippen LogP contribution is -1.92. The fourth-order valence-corrected chi connectivity index (χ4v) is 3.96. The van der Waals surface area contributed by atoms with E-state index in [4.69, 9.17) is 4.98 Å². The van der Waals surface area contributed by atoms with Gasteiger partial charge in [-0.1, -0.05) is 74.5 Å². The summed E-state index contributed by atoms with van der Waals surface area (Å²) in [6.07, 6.45) is 1.93. The van der Waals surface area contributed by atoms with Crippen LogP contribution in [0.1, 0.15) is 25.3 Å². The third-order valence-corrected chi connectivity index (χ3v) is 5.26. The number of nitrogens with zero attached hydrogens (tertiary/aromatic N) is 1. The minimum atomic E-state index is 0.506. The molecule has 5 rings (SSSR count). The molecule has 1 aliphatic rings. The molecule has 1 nitrogen and oxygen atoms in total. The largest absolute Gasteiger partial charge is 0.256 e. The average molecular weight is 321 g/mol. The molecule has 3 aromatic carbocycles. The van der Waals surface area contributed by atoms with Crippen molar-refractivity contribution in [3.05, 3.63) is 78.5 Å². The summed E-state index contributed by atoms with van der Waals surface area (Å²) in [6, 6.07) is 24.3. The van der Waals surface area contributed by atoms with E-state index in [0.29, 0.717) is 5.92 Å². The first kappa shape index (κ1) is 14.4. The van der Waals surface area contributed by atoms with Gasteiger partial charge in [-0.15, -0.1) is 0 Å². The van der Waals surface area contributed by atoms with Gasteiger partial charge < -0.3 is 0 Å². The first-order valence-corrected chi connectivity index (χ1v) is 8.86. The van der Waals surface area contributed by atoms with Crippen LogP contribution >= 0.6 is 0 Å². The number of rotatable bonds is 1. The molecule has 0 atom stereocenters. The van der Waals surface area contributed by atoms with E-state index in [1.54, 1.807) is 0 Å². The highest BCUT2D eigenvalue weighted by molar-refractivity contribution is 6.12. The van der Waals surface area contributed by atoms with Crippen molar-refractivity contribution in [1.82, 2.24) is 4.98 Å². The maximum absolute atomic E-state index is 4.80. The van der Waals surface area contributed by atoms with Crippen LogP contribution in [-0.4, -0.2) is 4.98 Å². The maximum Gasteiger partial charge on any atom is 0.0792 e. The summed E-state index contributed by atoms with van der Waals surface area (Å²) in [4.78, 5) is 4.80. The van der Waals surface area contributed by atoms with Gasteiger partial charge in [-0.05, 0) is 45.2 Å². The van der Waals surface area contributed by atoms with Crippen molar-refractivity contribution in [1.29, 1.82) is 0 Å². The Morgan fingerprint density at radius 1 is 0.680 bits per heavy atom. The van der Waals surface area contributed by atoms with Gasteiger partial charge in [-0.25, -0.2) is 0 Å². The van der Waals surface area contributed by atoms with Crippen LogP contribution in [-0.2, 0) is 0 Å². The van der Waals surface area contributed by atoms with Crippen molar-refractivity contribution < 1.29 is 0 Å². The molecule has 1 aliphatic carbocycles. The van der Waals surface area contributed by atoms with Gasteiger partial charge in [0.1, 0.15) is 0 Å². The Kier molecular flexibility index (Phi) is 3.05. The zero-order chi connectivity index (χ0) is 17.0. The summed E-state index contributed by atoms with van der Waals surface area (Å²) in [5, 5.41) is 2.51. The summed E-state index contributed by atoms with van der Waals surface area (Å²) in [5.41, 5.74) is 8.85. The molecule has 25 heavy (non-hydrogen) atoms. The number of pyridine rings is 1. The molecular weight excluding hydrogens is 302 g/mol. The third kappa shape index (κ3) is 2.05. The molecule has 1 aromatic heterocycles. The van der Waals surface area contributed by atoms with Crippen molar-refractivity contribution in [2.75, 3.05) is 0 Å². The normalized spacial score (nSPS) is 12.0. The Balaban J connectivity index is 2.00. The summed E-state index contributed by atoms with van der Waals surface area (Å²) in [5.74, 6) is 0.506. The Morgan fingerprint density at radius 3 is 2.24 bits per heavy atom. The minimum absolute atomic E-state index is 0.506. The predicted molar refractivity (Wildman–Crippen MR) is 106 cm³/mol. The molecule has 0 bridgehead atoms. The molecule has 0 radical (unpaired) electrons. The fourth-order valence-electron chi connectivity index (χ4n) is 3.96. The summed E-state index contributed by atoms with van der Waals surface area (Å²) in [6.45, 7) is 4.50. The fraction of sp³-hybridized carbons (Fsp3) is 0.125. The van der Waals surface area contributed by atoms with E-state index in [1.807, 2.05) is 6.20 Å². The number of fused-ring (bicyclic) bond motifs is 5. The van der Waals surface area contributed by atoms with Gasteiger partial charge in [0.05, 0.1) is 5.69 Å². The molecule has 0 amide bonds. The molecule has 0 unspecified atom stereocenters. The summed E-state index contributed by atoms with van der Waals surface area (Å²) >= 11 is 0. The van der Waals surface area contributed by atoms with Crippen LogP contribution in [0.2, 0.25) is 0 Å². The number of benzene rings is 3. The average Bonchev–Trinajstić information content (AvgIpc) is 2.77. The second-order valence-electron chi connectivity index (χ2n) is 7.07. The maximum atomic E-state index is 4.80. The molecule has 0 aliphatic heterocycles. The molecule has 0 spiro atoms. The van der Waals surface area contributed by atoms with Crippen molar-refractivity contribution in [2.45, 2.75) is 19.8 Å². The highest BCUT2D eigenvalue weighted by atomic mass is 14.7. The SMILES string of the molecule is CC(C)c1ccc2c(c1)-c1ccccc1-c1cccc3ccnc-2c13. The van der Waals surface area contributed by atoms with Gasteiger partial charge in [0.25, 0.3) is 0 Å². The molecule has 0 fully saturated rings. The molecule has 1 heterocycles. The van der Waals surface area contributed by atoms with E-state index in [0.717, 1.165) is 5.69 Å². The van der Waals surface area contributed by atoms with Gasteiger partial charge >= 0.3 is 0 Å². The summed E-state index contributed by atoms with van der Waals surface area (Å²) in [7, 11) is 0. The van der Waals surface area contributed by atoms with Crippen LogP contribution in [0, 0.1) is 0 Å². The minimum Gasteiger partial charge on any atom is -0.256 e. The second-order valence-corrected chi connectivity index (χ2v) is 7.07. The van der Waals surface area contributed by atoms with Crippen LogP contribution in [0.3, 0.4) is 0 Å². The van der Waals surface area contributed by atoms with Crippen LogP contribution in [0.15, 0.2) is 72.9 Å². The molecule has 0 N–H and O–H groups in total. The molecule has 0 saturated carbocycles. The second kappa shape index (κ2) is 5.29. The quantitative estimate of drug-likeness (QED) is 0.336. The number of hydrogen-bond acceptors (Lipinski definition) is 1. The van der Waals surface area contributed by atoms with Crippen LogP contribution in [0.4, 0.5) is 0 Å². The highest BCUT2D eigenvalue weighted by Gasteiger charge is 2.22. The van der Waals surface area contributed by atoms with Crippen LogP contribution < -0.4 is 0 Å². The molecule has 4 aromatic rings. The van der Waals surface area contributed by atoms with E-state index in [2.05, 4.69) is 80.6 Å². The molecule has 120 valence electrons. The van der Waals surface area contributed by atoms with Gasteiger partial charge in [-0.3, -0.25) is 4.98 Å². The third-order valence-electron chi connectivity index (χ3n) is 5.26. The van der Waals surface area contributed by atoms with Gasteiger partial charge in [0.2, 0.25) is 0 Å². The van der Waals surface area contributed by atoms with Crippen molar-refractivity contribution in [3.8, 4) is 33.5 Å². The number of hydrogen-bond donors (Lipinski definition) is 0. The monoisotopic (exact) mass is 321 g/mol. The van der Waals surface area contributed by atoms with Crippen molar-refractivity contribution in [3.63, 3.8) is 0 Å². The smallest absolute Gasteiger partial charge is 0.0792 e. The van der Waals surface area contributed by atoms with Crippen LogP contribution in [0.5, 0.6) is 0 Å². The topological polar surface area (TPSA) is 12.9 Å². The van der Waals surface area contributed by atoms with Gasteiger partial charge in [0.15, 0.2) is 0 Å². The lowest BCUT2D eigenvalue weighted by molar-refractivity contribution is 0.867. The Morgan fingerprint density at radius 2 is 1.44 bits per heavy atom. The van der Waals surface area contributed by atoms with Crippen molar-refractivity contribution >= 4 is 10.8 Å².